The number of aromatic nitrogens is 1. The normalized spacial score (nSPS) is 22.9. The molecule has 0 amide bonds. The highest BCUT2D eigenvalue weighted by Crippen LogP contribution is 2.07. The first-order valence-electron chi connectivity index (χ1n) is 5.32. The van der Waals surface area contributed by atoms with Crippen LogP contribution in [0.2, 0.25) is 0 Å². The van der Waals surface area contributed by atoms with Crippen LogP contribution in [0.15, 0.2) is 24.4 Å². The first-order chi connectivity index (χ1) is 7.38. The summed E-state index contributed by atoms with van der Waals surface area (Å²) in [5.74, 6) is 0. The minimum Gasteiger partial charge on any atom is -0.374 e. The molecule has 1 aliphatic heterocycles. The Bertz CT molecular complexity index is 291. The van der Waals surface area contributed by atoms with Crippen molar-refractivity contribution in [3.63, 3.8) is 0 Å². The molecule has 1 atom stereocenters. The second kappa shape index (κ2) is 5.21. The van der Waals surface area contributed by atoms with Gasteiger partial charge in [-0.15, -0.1) is 0 Å². The highest BCUT2D eigenvalue weighted by molar-refractivity contribution is 5.03. The molecule has 0 spiro atoms. The molecule has 1 fully saturated rings. The molecule has 82 valence electrons. The van der Waals surface area contributed by atoms with E-state index in [4.69, 9.17) is 10.5 Å². The number of nitrogens with two attached hydrogens (primary N) is 1. The molecular formula is C11H17N3O. The number of ether oxygens (including phenoxy) is 1. The van der Waals surface area contributed by atoms with Crippen LogP contribution in [-0.4, -0.2) is 42.2 Å². The summed E-state index contributed by atoms with van der Waals surface area (Å²) in [6.45, 7) is 4.13. The molecule has 0 radical (unpaired) electrons. The van der Waals surface area contributed by atoms with Crippen LogP contribution in [0, 0.1) is 0 Å². The summed E-state index contributed by atoms with van der Waals surface area (Å²) in [4.78, 5) is 6.65. The molecule has 2 heterocycles. The van der Waals surface area contributed by atoms with Gasteiger partial charge in [0.2, 0.25) is 0 Å². The minimum atomic E-state index is 0.183. The van der Waals surface area contributed by atoms with E-state index in [9.17, 15) is 0 Å². The lowest BCUT2D eigenvalue weighted by Crippen LogP contribution is -2.45. The fraction of sp³-hybridized carbons (Fsp3) is 0.545. The van der Waals surface area contributed by atoms with E-state index >= 15 is 0 Å². The first kappa shape index (κ1) is 10.5. The van der Waals surface area contributed by atoms with E-state index in [1.54, 1.807) is 0 Å². The predicted molar refractivity (Wildman–Crippen MR) is 58.3 cm³/mol. The Labute approximate surface area is 90.0 Å². The van der Waals surface area contributed by atoms with Gasteiger partial charge >= 0.3 is 0 Å². The van der Waals surface area contributed by atoms with Crippen LogP contribution < -0.4 is 5.73 Å². The van der Waals surface area contributed by atoms with Crippen LogP contribution in [0.4, 0.5) is 0 Å². The topological polar surface area (TPSA) is 51.4 Å². The first-order valence-corrected chi connectivity index (χ1v) is 5.32. The number of hydrogen-bond acceptors (Lipinski definition) is 4. The molecule has 1 aromatic heterocycles. The third-order valence-electron chi connectivity index (χ3n) is 2.60. The van der Waals surface area contributed by atoms with Gasteiger partial charge in [0.1, 0.15) is 0 Å². The van der Waals surface area contributed by atoms with Gasteiger partial charge in [-0.05, 0) is 12.1 Å². The van der Waals surface area contributed by atoms with Gasteiger partial charge in [-0.1, -0.05) is 6.07 Å². The Morgan fingerprint density at radius 3 is 3.20 bits per heavy atom. The van der Waals surface area contributed by atoms with Crippen LogP contribution in [0.25, 0.3) is 0 Å². The molecule has 4 heteroatoms. The zero-order valence-electron chi connectivity index (χ0n) is 8.80. The van der Waals surface area contributed by atoms with Crippen molar-refractivity contribution in [1.82, 2.24) is 9.88 Å². The van der Waals surface area contributed by atoms with Gasteiger partial charge in [-0.2, -0.15) is 0 Å². The number of pyridine rings is 1. The third-order valence-corrected chi connectivity index (χ3v) is 2.60. The van der Waals surface area contributed by atoms with Crippen molar-refractivity contribution in [2.24, 2.45) is 5.73 Å². The summed E-state index contributed by atoms with van der Waals surface area (Å²) in [7, 11) is 0. The van der Waals surface area contributed by atoms with Crippen molar-refractivity contribution < 1.29 is 4.74 Å². The highest BCUT2D eigenvalue weighted by Gasteiger charge is 2.19. The summed E-state index contributed by atoms with van der Waals surface area (Å²) in [6.07, 6.45) is 2.01. The van der Waals surface area contributed by atoms with Gasteiger partial charge in [0.25, 0.3) is 0 Å². The van der Waals surface area contributed by atoms with Gasteiger partial charge < -0.3 is 10.5 Å². The molecular weight excluding hydrogens is 190 g/mol. The van der Waals surface area contributed by atoms with E-state index < -0.39 is 0 Å². The monoisotopic (exact) mass is 207 g/mol. The summed E-state index contributed by atoms with van der Waals surface area (Å²) in [5, 5.41) is 0. The van der Waals surface area contributed by atoms with Gasteiger partial charge in [0.15, 0.2) is 0 Å². The number of hydrogen-bond donors (Lipinski definition) is 1. The largest absolute Gasteiger partial charge is 0.374 e. The molecule has 1 saturated heterocycles. The standard InChI is InChI=1S/C11H17N3O/c12-7-11-9-14(5-6-15-11)8-10-3-1-2-4-13-10/h1-4,11H,5-9,12H2/t11-/m1/s1. The minimum absolute atomic E-state index is 0.183. The molecule has 0 saturated carbocycles. The van der Waals surface area contributed by atoms with E-state index in [2.05, 4.69) is 9.88 Å². The molecule has 1 aromatic rings. The van der Waals surface area contributed by atoms with Gasteiger partial charge in [0.05, 0.1) is 18.4 Å². The average Bonchev–Trinajstić information content (AvgIpc) is 2.31. The van der Waals surface area contributed by atoms with Gasteiger partial charge in [-0.25, -0.2) is 0 Å². The lowest BCUT2D eigenvalue weighted by atomic mass is 10.2. The Morgan fingerprint density at radius 2 is 2.47 bits per heavy atom. The van der Waals surface area contributed by atoms with Crippen molar-refractivity contribution in [2.75, 3.05) is 26.2 Å². The van der Waals surface area contributed by atoms with Crippen LogP contribution in [0.3, 0.4) is 0 Å². The molecule has 2 N–H and O–H groups in total. The number of nitrogens with zero attached hydrogens (tertiary/aromatic N) is 2. The maximum atomic E-state index is 5.59. The molecule has 0 aliphatic carbocycles. The third kappa shape index (κ3) is 2.99. The molecule has 0 bridgehead atoms. The Hall–Kier alpha value is -0.970. The summed E-state index contributed by atoms with van der Waals surface area (Å²) in [5.41, 5.74) is 6.70. The van der Waals surface area contributed by atoms with Crippen molar-refractivity contribution in [3.8, 4) is 0 Å². The predicted octanol–water partition coefficient (Wildman–Crippen LogP) is 0.241. The van der Waals surface area contributed by atoms with Crippen LogP contribution in [0.5, 0.6) is 0 Å². The molecule has 0 unspecified atom stereocenters. The summed E-state index contributed by atoms with van der Waals surface area (Å²) in [6, 6.07) is 6.00. The quantitative estimate of drug-likeness (QED) is 0.771. The Kier molecular flexibility index (Phi) is 3.66. The lowest BCUT2D eigenvalue weighted by molar-refractivity contribution is -0.0264. The van der Waals surface area contributed by atoms with E-state index in [-0.39, 0.29) is 6.10 Å². The maximum Gasteiger partial charge on any atom is 0.0824 e. The maximum absolute atomic E-state index is 5.59. The summed E-state index contributed by atoms with van der Waals surface area (Å²) >= 11 is 0. The fourth-order valence-corrected chi connectivity index (χ4v) is 1.79. The van der Waals surface area contributed by atoms with E-state index in [0.29, 0.717) is 6.54 Å². The van der Waals surface area contributed by atoms with Crippen molar-refractivity contribution in [3.05, 3.63) is 30.1 Å². The van der Waals surface area contributed by atoms with Crippen LogP contribution in [0.1, 0.15) is 5.69 Å². The fourth-order valence-electron chi connectivity index (χ4n) is 1.79. The lowest BCUT2D eigenvalue weighted by Gasteiger charge is -2.31. The van der Waals surface area contributed by atoms with Crippen molar-refractivity contribution in [1.29, 1.82) is 0 Å². The molecule has 4 nitrogen and oxygen atoms in total. The van der Waals surface area contributed by atoms with Crippen LogP contribution >= 0.6 is 0 Å². The number of morpholine rings is 1. The molecule has 1 aliphatic rings. The molecule has 15 heavy (non-hydrogen) atoms. The zero-order valence-corrected chi connectivity index (χ0v) is 8.80. The smallest absolute Gasteiger partial charge is 0.0824 e. The van der Waals surface area contributed by atoms with E-state index in [0.717, 1.165) is 31.9 Å². The van der Waals surface area contributed by atoms with E-state index in [1.165, 1.54) is 0 Å². The van der Waals surface area contributed by atoms with Gasteiger partial charge in [-0.3, -0.25) is 9.88 Å². The average molecular weight is 207 g/mol. The van der Waals surface area contributed by atoms with Crippen LogP contribution in [-0.2, 0) is 11.3 Å². The van der Waals surface area contributed by atoms with E-state index in [1.807, 2.05) is 24.4 Å². The molecule has 0 aromatic carbocycles. The number of rotatable bonds is 3. The SMILES string of the molecule is NC[C@@H]1CN(Cc2ccccn2)CCO1. The zero-order chi connectivity index (χ0) is 10.5. The van der Waals surface area contributed by atoms with Gasteiger partial charge in [0, 0.05) is 32.4 Å². The Morgan fingerprint density at radius 1 is 1.53 bits per heavy atom. The Balaban J connectivity index is 1.89. The highest BCUT2D eigenvalue weighted by atomic mass is 16.5. The second-order valence-corrected chi connectivity index (χ2v) is 3.78. The van der Waals surface area contributed by atoms with Crippen molar-refractivity contribution in [2.45, 2.75) is 12.6 Å². The molecule has 2 rings (SSSR count). The van der Waals surface area contributed by atoms with Crippen molar-refractivity contribution >= 4 is 0 Å². The second-order valence-electron chi connectivity index (χ2n) is 3.78. The summed E-state index contributed by atoms with van der Waals surface area (Å²) < 4.78 is 5.51.